The van der Waals surface area contributed by atoms with Crippen LogP contribution in [0.25, 0.3) is 6.08 Å². The maximum Gasteiger partial charge on any atom is 0.0167 e. The molecule has 132 valence electrons. The van der Waals surface area contributed by atoms with E-state index in [1.807, 2.05) is 0 Å². The number of hydrogen-bond acceptors (Lipinski definition) is 2. The zero-order valence-electron chi connectivity index (χ0n) is 15.7. The molecule has 0 bridgehead atoms. The van der Waals surface area contributed by atoms with Crippen LogP contribution in [0.15, 0.2) is 48.1 Å². The number of piperazine rings is 1. The zero-order valence-corrected chi connectivity index (χ0v) is 15.7. The molecule has 1 heterocycles. The molecule has 0 radical (unpaired) electrons. The van der Waals surface area contributed by atoms with Gasteiger partial charge in [0.1, 0.15) is 0 Å². The van der Waals surface area contributed by atoms with Crippen LogP contribution in [-0.4, -0.2) is 49.1 Å². The molecule has 0 amide bonds. The first-order valence-corrected chi connectivity index (χ1v) is 9.43. The van der Waals surface area contributed by atoms with Crippen LogP contribution < -0.4 is 0 Å². The summed E-state index contributed by atoms with van der Waals surface area (Å²) < 4.78 is 0. The van der Waals surface area contributed by atoms with Crippen molar-refractivity contribution < 1.29 is 0 Å². The molecular formula is C22H34N2. The fraction of sp³-hybridized carbons (Fsp3) is 0.545. The molecule has 1 saturated heterocycles. The molecule has 1 aliphatic rings. The van der Waals surface area contributed by atoms with E-state index in [2.05, 4.69) is 79.1 Å². The van der Waals surface area contributed by atoms with Gasteiger partial charge in [0.05, 0.1) is 0 Å². The van der Waals surface area contributed by atoms with Gasteiger partial charge in [0, 0.05) is 39.3 Å². The summed E-state index contributed by atoms with van der Waals surface area (Å²) in [6.45, 7) is 13.9. The van der Waals surface area contributed by atoms with Gasteiger partial charge in [0.2, 0.25) is 0 Å². The van der Waals surface area contributed by atoms with E-state index in [9.17, 15) is 0 Å². The smallest absolute Gasteiger partial charge is 0.0167 e. The number of benzene rings is 1. The van der Waals surface area contributed by atoms with Crippen molar-refractivity contribution in [3.8, 4) is 0 Å². The number of nitrogens with zero attached hydrogens (tertiary/aromatic N) is 2. The van der Waals surface area contributed by atoms with Crippen LogP contribution in [0.3, 0.4) is 0 Å². The molecule has 0 aromatic heterocycles. The minimum Gasteiger partial charge on any atom is -0.301 e. The lowest BCUT2D eigenvalue weighted by Crippen LogP contribution is -2.47. The van der Waals surface area contributed by atoms with E-state index in [0.29, 0.717) is 0 Å². The van der Waals surface area contributed by atoms with Crippen molar-refractivity contribution in [2.75, 3.05) is 39.3 Å². The third-order valence-corrected chi connectivity index (χ3v) is 4.72. The van der Waals surface area contributed by atoms with Crippen LogP contribution in [-0.2, 0) is 0 Å². The summed E-state index contributed by atoms with van der Waals surface area (Å²) in [7, 11) is 0. The highest BCUT2D eigenvalue weighted by Crippen LogP contribution is 2.12. The summed E-state index contributed by atoms with van der Waals surface area (Å²) in [5, 5.41) is 0. The van der Waals surface area contributed by atoms with E-state index < -0.39 is 0 Å². The summed E-state index contributed by atoms with van der Waals surface area (Å²) >= 11 is 0. The van der Waals surface area contributed by atoms with E-state index in [-0.39, 0.29) is 0 Å². The molecule has 1 fully saturated rings. The minimum absolute atomic E-state index is 0.796. The number of allylic oxidation sites excluding steroid dienone is 2. The van der Waals surface area contributed by atoms with Gasteiger partial charge in [0.15, 0.2) is 0 Å². The Hall–Kier alpha value is -1.38. The van der Waals surface area contributed by atoms with Crippen LogP contribution in [0.5, 0.6) is 0 Å². The lowest BCUT2D eigenvalue weighted by atomic mass is 10.0. The molecule has 0 N–H and O–H groups in total. The second-order valence-electron chi connectivity index (χ2n) is 7.38. The third kappa shape index (κ3) is 7.46. The minimum atomic E-state index is 0.796. The van der Waals surface area contributed by atoms with Crippen molar-refractivity contribution in [3.05, 3.63) is 53.6 Å². The summed E-state index contributed by atoms with van der Waals surface area (Å²) in [6, 6.07) is 10.6. The van der Waals surface area contributed by atoms with Crippen LogP contribution in [0.4, 0.5) is 0 Å². The highest BCUT2D eigenvalue weighted by atomic mass is 15.3. The van der Waals surface area contributed by atoms with E-state index >= 15 is 0 Å². The summed E-state index contributed by atoms with van der Waals surface area (Å²) in [6.07, 6.45) is 9.44. The van der Waals surface area contributed by atoms with Crippen molar-refractivity contribution in [2.24, 2.45) is 5.92 Å². The summed E-state index contributed by atoms with van der Waals surface area (Å²) in [5.41, 5.74) is 2.74. The monoisotopic (exact) mass is 326 g/mol. The summed E-state index contributed by atoms with van der Waals surface area (Å²) in [5.74, 6) is 0.796. The molecule has 0 spiro atoms. The molecule has 2 heteroatoms. The Balaban J connectivity index is 1.62. The van der Waals surface area contributed by atoms with Gasteiger partial charge in [-0.25, -0.2) is 0 Å². The SMILES string of the molecule is CC(C)=CCC[C@H](C)CN1CCN(C/C=C/c2ccccc2)CC1. The Morgan fingerprint density at radius 2 is 1.71 bits per heavy atom. The fourth-order valence-electron chi connectivity index (χ4n) is 3.25. The van der Waals surface area contributed by atoms with Crippen molar-refractivity contribution in [3.63, 3.8) is 0 Å². The van der Waals surface area contributed by atoms with E-state index in [0.717, 1.165) is 12.5 Å². The average molecular weight is 327 g/mol. The molecule has 2 nitrogen and oxygen atoms in total. The van der Waals surface area contributed by atoms with Gasteiger partial charge in [-0.3, -0.25) is 4.90 Å². The molecule has 1 aliphatic heterocycles. The highest BCUT2D eigenvalue weighted by Gasteiger charge is 2.17. The first-order chi connectivity index (χ1) is 11.6. The molecule has 0 unspecified atom stereocenters. The van der Waals surface area contributed by atoms with Crippen LogP contribution in [0.2, 0.25) is 0 Å². The van der Waals surface area contributed by atoms with Gasteiger partial charge in [-0.05, 0) is 38.2 Å². The van der Waals surface area contributed by atoms with Crippen LogP contribution in [0, 0.1) is 5.92 Å². The molecule has 1 atom stereocenters. The Kier molecular flexibility index (Phi) is 8.27. The van der Waals surface area contributed by atoms with Gasteiger partial charge >= 0.3 is 0 Å². The lowest BCUT2D eigenvalue weighted by Gasteiger charge is -2.35. The summed E-state index contributed by atoms with van der Waals surface area (Å²) in [4.78, 5) is 5.20. The molecular weight excluding hydrogens is 292 g/mol. The number of rotatable bonds is 8. The molecule has 1 aromatic rings. The first kappa shape index (κ1) is 19.0. The van der Waals surface area contributed by atoms with Crippen molar-refractivity contribution in [2.45, 2.75) is 33.6 Å². The van der Waals surface area contributed by atoms with Gasteiger partial charge < -0.3 is 4.90 Å². The third-order valence-electron chi connectivity index (χ3n) is 4.72. The Labute approximate surface area is 148 Å². The van der Waals surface area contributed by atoms with Gasteiger partial charge in [-0.2, -0.15) is 0 Å². The topological polar surface area (TPSA) is 6.48 Å². The van der Waals surface area contributed by atoms with Crippen LogP contribution in [0.1, 0.15) is 39.2 Å². The number of hydrogen-bond donors (Lipinski definition) is 0. The Morgan fingerprint density at radius 3 is 2.38 bits per heavy atom. The molecule has 24 heavy (non-hydrogen) atoms. The van der Waals surface area contributed by atoms with E-state index in [1.165, 1.54) is 56.7 Å². The molecule has 2 rings (SSSR count). The van der Waals surface area contributed by atoms with Crippen molar-refractivity contribution in [1.29, 1.82) is 0 Å². The maximum absolute atomic E-state index is 2.64. The van der Waals surface area contributed by atoms with Gasteiger partial charge in [0.25, 0.3) is 0 Å². The van der Waals surface area contributed by atoms with E-state index in [1.54, 1.807) is 0 Å². The predicted octanol–water partition coefficient (Wildman–Crippen LogP) is 4.70. The quantitative estimate of drug-likeness (QED) is 0.639. The average Bonchev–Trinajstić information content (AvgIpc) is 2.57. The normalized spacial score (nSPS) is 18.0. The maximum atomic E-state index is 2.64. The predicted molar refractivity (Wildman–Crippen MR) is 106 cm³/mol. The Morgan fingerprint density at radius 1 is 1.04 bits per heavy atom. The van der Waals surface area contributed by atoms with Crippen LogP contribution >= 0.6 is 0 Å². The van der Waals surface area contributed by atoms with Crippen molar-refractivity contribution >= 4 is 6.08 Å². The molecule has 0 aliphatic carbocycles. The van der Waals surface area contributed by atoms with Gasteiger partial charge in [-0.1, -0.05) is 61.1 Å². The fourth-order valence-corrected chi connectivity index (χ4v) is 3.25. The lowest BCUT2D eigenvalue weighted by molar-refractivity contribution is 0.127. The largest absolute Gasteiger partial charge is 0.301 e. The molecule has 1 aromatic carbocycles. The first-order valence-electron chi connectivity index (χ1n) is 9.43. The molecule has 0 saturated carbocycles. The van der Waals surface area contributed by atoms with Crippen molar-refractivity contribution in [1.82, 2.24) is 9.80 Å². The Bertz CT molecular complexity index is 506. The highest BCUT2D eigenvalue weighted by molar-refractivity contribution is 5.48. The second-order valence-corrected chi connectivity index (χ2v) is 7.38. The second kappa shape index (κ2) is 10.5. The van der Waals surface area contributed by atoms with Gasteiger partial charge in [-0.15, -0.1) is 0 Å². The van der Waals surface area contributed by atoms with E-state index in [4.69, 9.17) is 0 Å². The standard InChI is InChI=1S/C22H34N2/c1-20(2)9-7-10-21(3)19-24-17-15-23(16-18-24)14-8-13-22-11-5-4-6-12-22/h4-6,8-9,11-13,21H,7,10,14-19H2,1-3H3/b13-8+/t21-/m0/s1. The zero-order chi connectivity index (χ0) is 17.2.